The Morgan fingerprint density at radius 1 is 0.857 bits per heavy atom. The zero-order valence-corrected chi connectivity index (χ0v) is 11.5. The van der Waals surface area contributed by atoms with Gasteiger partial charge in [0.2, 0.25) is 0 Å². The monoisotopic (exact) mass is 272 g/mol. The summed E-state index contributed by atoms with van der Waals surface area (Å²) in [6, 6.07) is 18.5. The molecule has 2 aromatic rings. The summed E-state index contributed by atoms with van der Waals surface area (Å²) in [6.45, 7) is 1.99. The highest BCUT2D eigenvalue weighted by molar-refractivity contribution is 5.57. The maximum Gasteiger partial charge on any atom is 0.101 e. The number of nitriles is 3. The molecule has 0 saturated heterocycles. The Morgan fingerprint density at radius 3 is 2.10 bits per heavy atom. The van der Waals surface area contributed by atoms with Crippen LogP contribution in [0.2, 0.25) is 0 Å². The van der Waals surface area contributed by atoms with Crippen molar-refractivity contribution >= 4 is 5.69 Å². The summed E-state index contributed by atoms with van der Waals surface area (Å²) in [7, 11) is 0. The molecule has 2 aromatic carbocycles. The van der Waals surface area contributed by atoms with Crippen molar-refractivity contribution in [2.75, 3.05) is 5.32 Å². The van der Waals surface area contributed by atoms with Gasteiger partial charge < -0.3 is 5.32 Å². The number of hydrogen-bond acceptors (Lipinski definition) is 4. The van der Waals surface area contributed by atoms with Gasteiger partial charge >= 0.3 is 0 Å². The summed E-state index contributed by atoms with van der Waals surface area (Å²) < 4.78 is 0. The minimum absolute atomic E-state index is 0.0252. The molecule has 0 saturated carbocycles. The van der Waals surface area contributed by atoms with Crippen LogP contribution in [0.15, 0.2) is 42.5 Å². The quantitative estimate of drug-likeness (QED) is 0.927. The summed E-state index contributed by atoms with van der Waals surface area (Å²) >= 11 is 0. The topological polar surface area (TPSA) is 83.4 Å². The van der Waals surface area contributed by atoms with Crippen LogP contribution in [0.4, 0.5) is 5.69 Å². The number of anilines is 1. The lowest BCUT2D eigenvalue weighted by Crippen LogP contribution is -2.06. The largest absolute Gasteiger partial charge is 0.378 e. The normalized spacial score (nSPS) is 10.8. The van der Waals surface area contributed by atoms with Crippen molar-refractivity contribution in [3.8, 4) is 18.2 Å². The lowest BCUT2D eigenvalue weighted by atomic mass is 10.0. The van der Waals surface area contributed by atoms with E-state index in [1.54, 1.807) is 30.3 Å². The molecular formula is C17H12N4. The van der Waals surface area contributed by atoms with Crippen molar-refractivity contribution in [1.82, 2.24) is 0 Å². The molecule has 0 heterocycles. The number of benzene rings is 2. The van der Waals surface area contributed by atoms with Crippen LogP contribution < -0.4 is 5.32 Å². The summed E-state index contributed by atoms with van der Waals surface area (Å²) in [6.07, 6.45) is 0. The molecule has 4 heteroatoms. The molecular weight excluding hydrogens is 260 g/mol. The highest BCUT2D eigenvalue weighted by atomic mass is 14.9. The van der Waals surface area contributed by atoms with Gasteiger partial charge in [0.05, 0.1) is 22.8 Å². The maximum atomic E-state index is 9.02. The standard InChI is InChI=1S/C17H12N4/c1-12(14-4-2-13(9-18)3-5-14)21-17-7-6-15(10-19)16(8-17)11-20/h2-8,12,21H,1H3. The third-order valence-electron chi connectivity index (χ3n) is 3.18. The number of hydrogen-bond donors (Lipinski definition) is 1. The van der Waals surface area contributed by atoms with Crippen molar-refractivity contribution in [1.29, 1.82) is 15.8 Å². The van der Waals surface area contributed by atoms with Gasteiger partial charge in [0.15, 0.2) is 0 Å². The van der Waals surface area contributed by atoms with Crippen LogP contribution >= 0.6 is 0 Å². The molecule has 1 atom stereocenters. The Hall–Kier alpha value is -3.29. The first-order valence-corrected chi connectivity index (χ1v) is 6.38. The molecule has 2 rings (SSSR count). The van der Waals surface area contributed by atoms with Crippen LogP contribution in [0, 0.1) is 34.0 Å². The first kappa shape index (κ1) is 14.1. The second-order valence-electron chi connectivity index (χ2n) is 4.58. The first-order chi connectivity index (χ1) is 10.2. The zero-order valence-electron chi connectivity index (χ0n) is 11.5. The molecule has 0 aliphatic carbocycles. The van der Waals surface area contributed by atoms with E-state index in [1.165, 1.54) is 0 Å². The summed E-state index contributed by atoms with van der Waals surface area (Å²) in [5.74, 6) is 0. The van der Waals surface area contributed by atoms with Gasteiger partial charge in [-0.25, -0.2) is 0 Å². The molecule has 0 aliphatic rings. The predicted octanol–water partition coefficient (Wildman–Crippen LogP) is 3.47. The second kappa shape index (κ2) is 6.24. The third-order valence-corrected chi connectivity index (χ3v) is 3.18. The van der Waals surface area contributed by atoms with E-state index in [0.29, 0.717) is 16.7 Å². The minimum atomic E-state index is 0.0252. The van der Waals surface area contributed by atoms with Crippen LogP contribution in [0.3, 0.4) is 0 Å². The number of nitrogens with zero attached hydrogens (tertiary/aromatic N) is 3. The molecule has 100 valence electrons. The van der Waals surface area contributed by atoms with Crippen molar-refractivity contribution in [3.05, 3.63) is 64.7 Å². The van der Waals surface area contributed by atoms with Crippen LogP contribution in [0.25, 0.3) is 0 Å². The maximum absolute atomic E-state index is 9.02. The Kier molecular flexibility index (Phi) is 4.20. The molecule has 1 N–H and O–H groups in total. The molecule has 0 fully saturated rings. The summed E-state index contributed by atoms with van der Waals surface area (Å²) in [4.78, 5) is 0. The summed E-state index contributed by atoms with van der Waals surface area (Å²) in [5, 5.41) is 30.0. The van der Waals surface area contributed by atoms with Gasteiger partial charge in [-0.05, 0) is 42.8 Å². The van der Waals surface area contributed by atoms with E-state index >= 15 is 0 Å². The van der Waals surface area contributed by atoms with Gasteiger partial charge in [0.25, 0.3) is 0 Å². The van der Waals surface area contributed by atoms with E-state index in [-0.39, 0.29) is 6.04 Å². The molecule has 0 aromatic heterocycles. The van der Waals surface area contributed by atoms with Crippen molar-refractivity contribution in [2.45, 2.75) is 13.0 Å². The van der Waals surface area contributed by atoms with E-state index < -0.39 is 0 Å². The highest BCUT2D eigenvalue weighted by Crippen LogP contribution is 2.21. The van der Waals surface area contributed by atoms with Crippen molar-refractivity contribution < 1.29 is 0 Å². The van der Waals surface area contributed by atoms with Crippen LogP contribution in [0.1, 0.15) is 35.2 Å². The third kappa shape index (κ3) is 3.18. The molecule has 0 bridgehead atoms. The zero-order chi connectivity index (χ0) is 15.2. The van der Waals surface area contributed by atoms with E-state index in [2.05, 4.69) is 11.4 Å². The Balaban J connectivity index is 2.20. The Bertz CT molecular complexity index is 770. The van der Waals surface area contributed by atoms with Gasteiger partial charge in [0, 0.05) is 11.7 Å². The van der Waals surface area contributed by atoms with Gasteiger partial charge in [-0.15, -0.1) is 0 Å². The molecule has 0 amide bonds. The fraction of sp³-hybridized carbons (Fsp3) is 0.118. The van der Waals surface area contributed by atoms with Crippen LogP contribution in [-0.2, 0) is 0 Å². The average molecular weight is 272 g/mol. The van der Waals surface area contributed by atoms with Gasteiger partial charge in [0.1, 0.15) is 12.1 Å². The highest BCUT2D eigenvalue weighted by Gasteiger charge is 2.08. The van der Waals surface area contributed by atoms with Gasteiger partial charge in [-0.2, -0.15) is 15.8 Å². The lowest BCUT2D eigenvalue weighted by molar-refractivity contribution is 0.884. The number of rotatable bonds is 3. The second-order valence-corrected chi connectivity index (χ2v) is 4.58. The van der Waals surface area contributed by atoms with Crippen LogP contribution in [-0.4, -0.2) is 0 Å². The van der Waals surface area contributed by atoms with Crippen molar-refractivity contribution in [2.24, 2.45) is 0 Å². The first-order valence-electron chi connectivity index (χ1n) is 6.38. The lowest BCUT2D eigenvalue weighted by Gasteiger charge is -2.16. The molecule has 0 radical (unpaired) electrons. The Morgan fingerprint density at radius 2 is 1.52 bits per heavy atom. The minimum Gasteiger partial charge on any atom is -0.378 e. The van der Waals surface area contributed by atoms with E-state index in [9.17, 15) is 0 Å². The van der Waals surface area contributed by atoms with E-state index in [1.807, 2.05) is 31.2 Å². The Labute approximate surface area is 123 Å². The van der Waals surface area contributed by atoms with Crippen LogP contribution in [0.5, 0.6) is 0 Å². The van der Waals surface area contributed by atoms with Crippen molar-refractivity contribution in [3.63, 3.8) is 0 Å². The smallest absolute Gasteiger partial charge is 0.101 e. The molecule has 4 nitrogen and oxygen atoms in total. The predicted molar refractivity (Wildman–Crippen MR) is 79.1 cm³/mol. The fourth-order valence-electron chi connectivity index (χ4n) is 2.00. The average Bonchev–Trinajstić information content (AvgIpc) is 2.54. The molecule has 1 unspecified atom stereocenters. The SMILES string of the molecule is CC(Nc1ccc(C#N)c(C#N)c1)c1ccc(C#N)cc1. The summed E-state index contributed by atoms with van der Waals surface area (Å²) in [5.41, 5.74) is 3.17. The van der Waals surface area contributed by atoms with Gasteiger partial charge in [-0.1, -0.05) is 12.1 Å². The molecule has 0 spiro atoms. The molecule has 21 heavy (non-hydrogen) atoms. The fourth-order valence-corrected chi connectivity index (χ4v) is 2.00. The number of nitrogens with one attached hydrogen (secondary N) is 1. The van der Waals surface area contributed by atoms with Gasteiger partial charge in [-0.3, -0.25) is 0 Å². The van der Waals surface area contributed by atoms with E-state index in [0.717, 1.165) is 11.3 Å². The van der Waals surface area contributed by atoms with E-state index in [4.69, 9.17) is 15.8 Å². The molecule has 0 aliphatic heterocycles.